The third-order valence-electron chi connectivity index (χ3n) is 6.04. The molecule has 0 saturated carbocycles. The van der Waals surface area contributed by atoms with Crippen molar-refractivity contribution in [3.05, 3.63) is 102 Å². The quantitative estimate of drug-likeness (QED) is 0.237. The van der Waals surface area contributed by atoms with Crippen molar-refractivity contribution in [3.63, 3.8) is 0 Å². The van der Waals surface area contributed by atoms with Crippen molar-refractivity contribution in [1.82, 2.24) is 14.9 Å². The average Bonchev–Trinajstić information content (AvgIpc) is 3.38. The number of hydrogen-bond donors (Lipinski definition) is 2. The van der Waals surface area contributed by atoms with Crippen molar-refractivity contribution in [2.45, 2.75) is 32.5 Å². The Morgan fingerprint density at radius 2 is 1.86 bits per heavy atom. The van der Waals surface area contributed by atoms with Crippen molar-refractivity contribution in [2.24, 2.45) is 0 Å². The Morgan fingerprint density at radius 1 is 1.09 bits per heavy atom. The van der Waals surface area contributed by atoms with E-state index in [1.54, 1.807) is 55.0 Å². The molecule has 0 radical (unpaired) electrons. The van der Waals surface area contributed by atoms with E-state index < -0.39 is 17.7 Å². The van der Waals surface area contributed by atoms with Gasteiger partial charge in [-0.25, -0.2) is 0 Å². The number of rotatable bonds is 6. The van der Waals surface area contributed by atoms with Gasteiger partial charge in [-0.2, -0.15) is 0 Å². The van der Waals surface area contributed by atoms with Gasteiger partial charge in [0, 0.05) is 47.2 Å². The maximum absolute atomic E-state index is 13.4. The molecule has 2 aromatic carbocycles. The Kier molecular flexibility index (Phi) is 5.82. The molecule has 1 saturated heterocycles. The maximum atomic E-state index is 13.4. The van der Waals surface area contributed by atoms with Crippen molar-refractivity contribution in [3.8, 4) is 5.75 Å². The number of Topliss-reactive ketones (excluding diaryl/α,β-unsaturated/α-hetero) is 1. The zero-order valence-corrected chi connectivity index (χ0v) is 19.4. The molecular formula is C28H25N3O4. The zero-order chi connectivity index (χ0) is 24.5. The highest BCUT2D eigenvalue weighted by Gasteiger charge is 2.46. The van der Waals surface area contributed by atoms with Gasteiger partial charge >= 0.3 is 0 Å². The van der Waals surface area contributed by atoms with Crippen LogP contribution in [0.1, 0.15) is 36.6 Å². The molecule has 1 amide bonds. The fourth-order valence-corrected chi connectivity index (χ4v) is 4.52. The number of nitrogens with one attached hydrogen (secondary N) is 1. The Bertz CT molecular complexity index is 1440. The van der Waals surface area contributed by atoms with E-state index >= 15 is 0 Å². The third kappa shape index (κ3) is 4.17. The number of ketones is 1. The van der Waals surface area contributed by atoms with Gasteiger partial charge < -0.3 is 19.7 Å². The molecule has 0 spiro atoms. The third-order valence-corrected chi connectivity index (χ3v) is 6.04. The number of likely N-dealkylation sites (tertiary alicyclic amines) is 1. The molecule has 4 aromatic rings. The molecule has 35 heavy (non-hydrogen) atoms. The Hall–Kier alpha value is -4.39. The molecule has 0 aliphatic carbocycles. The lowest BCUT2D eigenvalue weighted by atomic mass is 9.94. The summed E-state index contributed by atoms with van der Waals surface area (Å²) in [6.45, 7) is 4.02. The first kappa shape index (κ1) is 22.4. The highest BCUT2D eigenvalue weighted by Crippen LogP contribution is 2.42. The minimum Gasteiger partial charge on any atom is -0.507 e. The first-order valence-electron chi connectivity index (χ1n) is 11.4. The second-order valence-corrected chi connectivity index (χ2v) is 8.77. The molecule has 1 aliphatic rings. The molecule has 7 heteroatoms. The number of fused-ring (bicyclic) bond motifs is 1. The SMILES string of the molecule is CC(C)Oc1cccc(/C(O)=C2\C(=O)C(=O)N(Cc3ccncc3)C2c2c[nH]c3ccccc23)c1. The van der Waals surface area contributed by atoms with Crippen LogP contribution in [0.15, 0.2) is 84.8 Å². The van der Waals surface area contributed by atoms with Crippen LogP contribution in [0.3, 0.4) is 0 Å². The predicted octanol–water partition coefficient (Wildman–Crippen LogP) is 4.97. The maximum Gasteiger partial charge on any atom is 0.295 e. The Balaban J connectivity index is 1.68. The number of aromatic amines is 1. The standard InChI is InChI=1S/C28H25N3O4/c1-17(2)35-20-7-5-6-19(14-20)26(32)24-25(22-15-30-23-9-4-3-8-21(22)23)31(28(34)27(24)33)16-18-10-12-29-13-11-18/h3-15,17,25,30,32H,16H2,1-2H3/b26-24+. The van der Waals surface area contributed by atoms with Gasteiger partial charge in [-0.05, 0) is 49.7 Å². The molecule has 1 atom stereocenters. The van der Waals surface area contributed by atoms with Crippen LogP contribution in [-0.2, 0) is 16.1 Å². The minimum absolute atomic E-state index is 0.0513. The zero-order valence-electron chi connectivity index (χ0n) is 19.4. The lowest BCUT2D eigenvalue weighted by Crippen LogP contribution is -2.29. The predicted molar refractivity (Wildman–Crippen MR) is 133 cm³/mol. The number of pyridine rings is 1. The highest BCUT2D eigenvalue weighted by molar-refractivity contribution is 6.46. The van der Waals surface area contributed by atoms with E-state index in [9.17, 15) is 14.7 Å². The summed E-state index contributed by atoms with van der Waals surface area (Å²) in [6.07, 6.45) is 5.04. The van der Waals surface area contributed by atoms with Gasteiger partial charge in [-0.1, -0.05) is 30.3 Å². The second-order valence-electron chi connectivity index (χ2n) is 8.77. The van der Waals surface area contributed by atoms with E-state index in [-0.39, 0.29) is 24.0 Å². The summed E-state index contributed by atoms with van der Waals surface area (Å²) in [5.74, 6) is -1.04. The number of H-pyrrole nitrogens is 1. The van der Waals surface area contributed by atoms with E-state index in [0.717, 1.165) is 22.0 Å². The average molecular weight is 468 g/mol. The lowest BCUT2D eigenvalue weighted by molar-refractivity contribution is -0.140. The number of hydrogen-bond acceptors (Lipinski definition) is 5. The number of aliphatic hydroxyl groups excluding tert-OH is 1. The van der Waals surface area contributed by atoms with Crippen LogP contribution in [0.5, 0.6) is 5.75 Å². The van der Waals surface area contributed by atoms with E-state index in [1.807, 2.05) is 38.1 Å². The van der Waals surface area contributed by atoms with Crippen LogP contribution < -0.4 is 4.74 Å². The molecule has 1 aliphatic heterocycles. The summed E-state index contributed by atoms with van der Waals surface area (Å²) < 4.78 is 5.77. The number of aromatic nitrogens is 2. The van der Waals surface area contributed by atoms with Crippen molar-refractivity contribution in [1.29, 1.82) is 0 Å². The van der Waals surface area contributed by atoms with Gasteiger partial charge in [0.1, 0.15) is 11.5 Å². The van der Waals surface area contributed by atoms with Crippen LogP contribution in [0.25, 0.3) is 16.7 Å². The summed E-state index contributed by atoms with van der Waals surface area (Å²) in [5, 5.41) is 12.3. The van der Waals surface area contributed by atoms with E-state index in [4.69, 9.17) is 4.74 Å². The van der Waals surface area contributed by atoms with Crippen LogP contribution in [-0.4, -0.2) is 37.8 Å². The lowest BCUT2D eigenvalue weighted by Gasteiger charge is -2.25. The van der Waals surface area contributed by atoms with Crippen molar-refractivity contribution >= 4 is 28.4 Å². The number of aliphatic hydroxyl groups is 1. The fraction of sp³-hybridized carbons (Fsp3) is 0.179. The summed E-state index contributed by atoms with van der Waals surface area (Å²) >= 11 is 0. The normalized spacial score (nSPS) is 17.5. The molecule has 0 bridgehead atoms. The Morgan fingerprint density at radius 3 is 2.63 bits per heavy atom. The van der Waals surface area contributed by atoms with Gasteiger partial charge in [0.25, 0.3) is 11.7 Å². The van der Waals surface area contributed by atoms with Gasteiger partial charge in [0.15, 0.2) is 0 Å². The summed E-state index contributed by atoms with van der Waals surface area (Å²) in [4.78, 5) is 35.4. The van der Waals surface area contributed by atoms with E-state index in [1.165, 1.54) is 4.90 Å². The molecule has 2 N–H and O–H groups in total. The van der Waals surface area contributed by atoms with E-state index in [0.29, 0.717) is 11.3 Å². The number of ether oxygens (including phenoxy) is 1. The molecule has 5 rings (SSSR count). The highest BCUT2D eigenvalue weighted by atomic mass is 16.5. The monoisotopic (exact) mass is 467 g/mol. The minimum atomic E-state index is -0.769. The molecule has 2 aromatic heterocycles. The van der Waals surface area contributed by atoms with Gasteiger partial charge in [0.2, 0.25) is 0 Å². The van der Waals surface area contributed by atoms with Gasteiger partial charge in [0.05, 0.1) is 17.7 Å². The number of carbonyl (C=O) groups is 2. The van der Waals surface area contributed by atoms with Crippen molar-refractivity contribution in [2.75, 3.05) is 0 Å². The number of amides is 1. The molecule has 1 unspecified atom stereocenters. The molecule has 176 valence electrons. The number of benzene rings is 2. The van der Waals surface area contributed by atoms with Crippen LogP contribution in [0.4, 0.5) is 0 Å². The van der Waals surface area contributed by atoms with Crippen LogP contribution >= 0.6 is 0 Å². The fourth-order valence-electron chi connectivity index (χ4n) is 4.52. The number of nitrogens with zero attached hydrogens (tertiary/aromatic N) is 2. The summed E-state index contributed by atoms with van der Waals surface area (Å²) in [5.41, 5.74) is 2.92. The van der Waals surface area contributed by atoms with E-state index in [2.05, 4.69) is 9.97 Å². The Labute approximate surface area is 202 Å². The van der Waals surface area contributed by atoms with Crippen LogP contribution in [0, 0.1) is 0 Å². The van der Waals surface area contributed by atoms with Crippen molar-refractivity contribution < 1.29 is 19.4 Å². The largest absolute Gasteiger partial charge is 0.507 e. The first-order chi connectivity index (χ1) is 16.9. The number of carbonyl (C=O) groups excluding carboxylic acids is 2. The summed E-state index contributed by atoms with van der Waals surface area (Å²) in [7, 11) is 0. The topological polar surface area (TPSA) is 95.5 Å². The molecular weight excluding hydrogens is 442 g/mol. The van der Waals surface area contributed by atoms with Gasteiger partial charge in [-0.15, -0.1) is 0 Å². The molecule has 3 heterocycles. The molecule has 1 fully saturated rings. The molecule has 7 nitrogen and oxygen atoms in total. The first-order valence-corrected chi connectivity index (χ1v) is 11.4. The summed E-state index contributed by atoms with van der Waals surface area (Å²) in [6, 6.07) is 17.4. The van der Waals surface area contributed by atoms with Gasteiger partial charge in [-0.3, -0.25) is 14.6 Å². The number of para-hydroxylation sites is 1. The second kappa shape index (κ2) is 9.10. The smallest absolute Gasteiger partial charge is 0.295 e. The van der Waals surface area contributed by atoms with Crippen LogP contribution in [0.2, 0.25) is 0 Å².